The summed E-state index contributed by atoms with van der Waals surface area (Å²) in [4.78, 5) is 28.7. The number of nitrogens with zero attached hydrogens (tertiary/aromatic N) is 2. The summed E-state index contributed by atoms with van der Waals surface area (Å²) in [5.74, 6) is -0.119. The molecule has 0 saturated heterocycles. The molecule has 0 saturated carbocycles. The summed E-state index contributed by atoms with van der Waals surface area (Å²) < 4.78 is 8.17. The van der Waals surface area contributed by atoms with Gasteiger partial charge in [0, 0.05) is 35.4 Å². The zero-order chi connectivity index (χ0) is 22.8. The van der Waals surface area contributed by atoms with E-state index in [0.29, 0.717) is 6.61 Å². The quantitative estimate of drug-likeness (QED) is 0.446. The predicted octanol–water partition coefficient (Wildman–Crippen LogP) is 5.66. The Morgan fingerprint density at radius 1 is 1.28 bits per heavy atom. The van der Waals surface area contributed by atoms with Crippen molar-refractivity contribution in [1.82, 2.24) is 9.55 Å². The Bertz CT molecular complexity index is 1180. The predicted molar refractivity (Wildman–Crippen MR) is 127 cm³/mol. The van der Waals surface area contributed by atoms with E-state index >= 15 is 0 Å². The van der Waals surface area contributed by atoms with Gasteiger partial charge < -0.3 is 14.4 Å². The van der Waals surface area contributed by atoms with Crippen LogP contribution in [-0.4, -0.2) is 27.2 Å². The van der Waals surface area contributed by atoms with Crippen molar-refractivity contribution in [2.45, 2.75) is 52.5 Å². The van der Waals surface area contributed by atoms with Crippen LogP contribution in [0.3, 0.4) is 0 Å². The first-order valence-electron chi connectivity index (χ1n) is 11.1. The minimum atomic E-state index is -1.20. The van der Waals surface area contributed by atoms with Crippen LogP contribution in [0.25, 0.3) is 21.8 Å². The highest BCUT2D eigenvalue weighted by Gasteiger charge is 2.29. The molecule has 0 fully saturated rings. The van der Waals surface area contributed by atoms with Crippen molar-refractivity contribution in [3.05, 3.63) is 57.3 Å². The van der Waals surface area contributed by atoms with Crippen molar-refractivity contribution in [3.8, 4) is 27.6 Å². The van der Waals surface area contributed by atoms with Crippen molar-refractivity contribution >= 4 is 17.3 Å². The molecule has 0 spiro atoms. The lowest BCUT2D eigenvalue weighted by molar-refractivity contribution is 0.0694. The van der Waals surface area contributed by atoms with Crippen LogP contribution in [-0.2, 0) is 6.42 Å². The molecule has 7 heteroatoms. The number of aromatic carboxylic acids is 1. The number of unbranched alkanes of at least 4 members (excludes halogenated alkanes) is 2. The van der Waals surface area contributed by atoms with Gasteiger partial charge in [-0.15, -0.1) is 11.3 Å². The maximum absolute atomic E-state index is 12.6. The van der Waals surface area contributed by atoms with Crippen molar-refractivity contribution in [2.24, 2.45) is 5.92 Å². The minimum absolute atomic E-state index is 0.0508. The van der Waals surface area contributed by atoms with E-state index in [1.807, 2.05) is 16.0 Å². The van der Waals surface area contributed by atoms with Crippen LogP contribution in [0.5, 0.6) is 5.75 Å². The lowest BCUT2D eigenvalue weighted by atomic mass is 9.86. The van der Waals surface area contributed by atoms with Crippen molar-refractivity contribution < 1.29 is 14.6 Å². The first-order chi connectivity index (χ1) is 15.4. The largest absolute Gasteiger partial charge is 0.493 e. The molecule has 0 radical (unpaired) electrons. The second kappa shape index (κ2) is 9.28. The average molecular weight is 453 g/mol. The third-order valence-electron chi connectivity index (χ3n) is 6.02. The van der Waals surface area contributed by atoms with E-state index < -0.39 is 11.4 Å². The van der Waals surface area contributed by atoms with Crippen molar-refractivity contribution in [3.63, 3.8) is 0 Å². The Balaban J connectivity index is 1.88. The van der Waals surface area contributed by atoms with Gasteiger partial charge in [-0.2, -0.15) is 0 Å². The van der Waals surface area contributed by atoms with E-state index in [1.54, 1.807) is 17.5 Å². The normalized spacial score (nSPS) is 14.8. The SMILES string of the molecule is CCCCCOc1cc2c(cc1-c1nccs1)-c1cc(=O)c(C(=O)O)cn1C(C(C)C)C2. The number of hydrogen-bond acceptors (Lipinski definition) is 5. The summed E-state index contributed by atoms with van der Waals surface area (Å²) in [6.07, 6.45) is 7.27. The number of hydrogen-bond donors (Lipinski definition) is 1. The van der Waals surface area contributed by atoms with Gasteiger partial charge >= 0.3 is 5.97 Å². The summed E-state index contributed by atoms with van der Waals surface area (Å²) >= 11 is 1.54. The lowest BCUT2D eigenvalue weighted by Crippen LogP contribution is -2.28. The fourth-order valence-electron chi connectivity index (χ4n) is 4.29. The molecule has 3 heterocycles. The molecule has 1 aliphatic heterocycles. The smallest absolute Gasteiger partial charge is 0.341 e. The molecule has 0 amide bonds. The molecule has 4 rings (SSSR count). The van der Waals surface area contributed by atoms with Crippen LogP contribution in [0.15, 0.2) is 40.8 Å². The maximum Gasteiger partial charge on any atom is 0.341 e. The van der Waals surface area contributed by atoms with E-state index in [1.165, 1.54) is 12.3 Å². The molecule has 1 aromatic carbocycles. The lowest BCUT2D eigenvalue weighted by Gasteiger charge is -2.34. The van der Waals surface area contributed by atoms with E-state index in [0.717, 1.165) is 58.8 Å². The number of ether oxygens (including phenoxy) is 1. The van der Waals surface area contributed by atoms with Crippen LogP contribution in [0.4, 0.5) is 0 Å². The van der Waals surface area contributed by atoms with Gasteiger partial charge in [0.1, 0.15) is 16.3 Å². The topological polar surface area (TPSA) is 81.4 Å². The molecular weight excluding hydrogens is 424 g/mol. The third kappa shape index (κ3) is 4.21. The molecule has 1 N–H and O–H groups in total. The first kappa shape index (κ1) is 22.3. The molecule has 3 aromatic rings. The van der Waals surface area contributed by atoms with Gasteiger partial charge in [-0.1, -0.05) is 33.6 Å². The number of rotatable bonds is 8. The Hall–Kier alpha value is -2.93. The first-order valence-corrected chi connectivity index (χ1v) is 12.0. The van der Waals surface area contributed by atoms with Crippen LogP contribution in [0.1, 0.15) is 62.0 Å². The summed E-state index contributed by atoms with van der Waals surface area (Å²) in [5, 5.41) is 12.3. The Kier molecular flexibility index (Phi) is 6.46. The summed E-state index contributed by atoms with van der Waals surface area (Å²) in [6, 6.07) is 5.65. The molecular formula is C25H28N2O4S. The van der Waals surface area contributed by atoms with Crippen molar-refractivity contribution in [2.75, 3.05) is 6.61 Å². The second-order valence-corrected chi connectivity index (χ2v) is 9.46. The number of benzene rings is 1. The van der Waals surface area contributed by atoms with Gasteiger partial charge in [-0.25, -0.2) is 9.78 Å². The zero-order valence-electron chi connectivity index (χ0n) is 18.6. The number of fused-ring (bicyclic) bond motifs is 3. The van der Waals surface area contributed by atoms with E-state index in [4.69, 9.17) is 4.74 Å². The highest BCUT2D eigenvalue weighted by molar-refractivity contribution is 7.13. The van der Waals surface area contributed by atoms with Gasteiger partial charge in [0.25, 0.3) is 0 Å². The monoisotopic (exact) mass is 452 g/mol. The molecule has 2 aromatic heterocycles. The Morgan fingerprint density at radius 2 is 2.09 bits per heavy atom. The highest BCUT2D eigenvalue weighted by atomic mass is 32.1. The van der Waals surface area contributed by atoms with Gasteiger partial charge in [-0.05, 0) is 36.5 Å². The molecule has 1 atom stereocenters. The molecule has 1 aliphatic rings. The summed E-state index contributed by atoms with van der Waals surface area (Å²) in [7, 11) is 0. The van der Waals surface area contributed by atoms with Gasteiger partial charge in [0.2, 0.25) is 0 Å². The van der Waals surface area contributed by atoms with Crippen LogP contribution in [0, 0.1) is 5.92 Å². The van der Waals surface area contributed by atoms with Crippen LogP contribution >= 0.6 is 11.3 Å². The van der Waals surface area contributed by atoms with Gasteiger partial charge in [-0.3, -0.25) is 4.79 Å². The van der Waals surface area contributed by atoms with Crippen molar-refractivity contribution in [1.29, 1.82) is 0 Å². The van der Waals surface area contributed by atoms with Crippen LogP contribution in [0.2, 0.25) is 0 Å². The number of carboxylic acid groups (broad SMARTS) is 1. The van der Waals surface area contributed by atoms with Crippen LogP contribution < -0.4 is 10.2 Å². The van der Waals surface area contributed by atoms with Gasteiger partial charge in [0.15, 0.2) is 5.43 Å². The molecule has 0 bridgehead atoms. The van der Waals surface area contributed by atoms with E-state index in [-0.39, 0.29) is 17.5 Å². The fraction of sp³-hybridized carbons (Fsp3) is 0.400. The van der Waals surface area contributed by atoms with E-state index in [2.05, 4.69) is 31.8 Å². The molecule has 1 unspecified atom stereocenters. The van der Waals surface area contributed by atoms with Gasteiger partial charge in [0.05, 0.1) is 17.9 Å². The average Bonchev–Trinajstić information content (AvgIpc) is 3.29. The molecule has 6 nitrogen and oxygen atoms in total. The number of aromatic nitrogens is 2. The highest BCUT2D eigenvalue weighted by Crippen LogP contribution is 2.43. The summed E-state index contributed by atoms with van der Waals surface area (Å²) in [5.41, 5.74) is 3.02. The minimum Gasteiger partial charge on any atom is -0.493 e. The number of carboxylic acids is 1. The molecule has 0 aliphatic carbocycles. The molecule has 168 valence electrons. The number of thiazole rings is 1. The standard InChI is InChI=1S/C25H28N2O4S/c1-4-5-6-8-31-23-11-16-10-20(15(2)3)27-14-19(25(29)30)22(28)13-21(27)17(16)12-18(23)24-26-7-9-32-24/h7,9,11-15,20H,4-6,8,10H2,1-3H3,(H,29,30). The fourth-order valence-corrected chi connectivity index (χ4v) is 4.95. The third-order valence-corrected chi connectivity index (χ3v) is 6.82. The number of pyridine rings is 1. The van der Waals surface area contributed by atoms with E-state index in [9.17, 15) is 14.7 Å². The Labute approximate surface area is 191 Å². The molecule has 32 heavy (non-hydrogen) atoms. The summed E-state index contributed by atoms with van der Waals surface area (Å²) in [6.45, 7) is 7.05. The maximum atomic E-state index is 12.6. The Morgan fingerprint density at radius 3 is 2.75 bits per heavy atom. The second-order valence-electron chi connectivity index (χ2n) is 8.56. The number of carbonyl (C=O) groups is 1. The zero-order valence-corrected chi connectivity index (χ0v) is 19.4.